The molecule has 24 heavy (non-hydrogen) atoms. The number of aldehydes is 1. The number of carbonyl (C=O) groups excluding carboxylic acids is 1. The SMILES string of the molecule is CC(C)c1cc(Oc2ccc(C=O)cc2[N+](=O)[O-])nc(C(C)C)n1. The predicted octanol–water partition coefficient (Wildman–Crippen LogP) is 4.24. The van der Waals surface area contributed by atoms with Gasteiger partial charge in [-0.1, -0.05) is 27.7 Å². The summed E-state index contributed by atoms with van der Waals surface area (Å²) in [5.41, 5.74) is 0.730. The van der Waals surface area contributed by atoms with Crippen molar-refractivity contribution in [3.63, 3.8) is 0 Å². The number of aromatic nitrogens is 2. The number of benzene rings is 1. The zero-order valence-corrected chi connectivity index (χ0v) is 14.0. The molecule has 0 N–H and O–H groups in total. The molecule has 1 aromatic carbocycles. The van der Waals surface area contributed by atoms with Crippen LogP contribution in [0.2, 0.25) is 0 Å². The van der Waals surface area contributed by atoms with E-state index >= 15 is 0 Å². The van der Waals surface area contributed by atoms with E-state index in [-0.39, 0.29) is 34.7 Å². The molecule has 0 unspecified atom stereocenters. The fourth-order valence-corrected chi connectivity index (χ4v) is 2.02. The average molecular weight is 329 g/mol. The average Bonchev–Trinajstić information content (AvgIpc) is 2.54. The minimum atomic E-state index is -0.587. The number of nitro benzene ring substituents is 1. The van der Waals surface area contributed by atoms with Crippen molar-refractivity contribution in [2.45, 2.75) is 39.5 Å². The van der Waals surface area contributed by atoms with Gasteiger partial charge in [-0.3, -0.25) is 14.9 Å². The highest BCUT2D eigenvalue weighted by molar-refractivity contribution is 5.77. The Morgan fingerprint density at radius 1 is 1.12 bits per heavy atom. The lowest BCUT2D eigenvalue weighted by Crippen LogP contribution is -2.05. The Bertz CT molecular complexity index is 746. The predicted molar refractivity (Wildman–Crippen MR) is 88.8 cm³/mol. The monoisotopic (exact) mass is 329 g/mol. The van der Waals surface area contributed by atoms with E-state index in [9.17, 15) is 14.9 Å². The summed E-state index contributed by atoms with van der Waals surface area (Å²) in [5.74, 6) is 1.16. The summed E-state index contributed by atoms with van der Waals surface area (Å²) >= 11 is 0. The Morgan fingerprint density at radius 2 is 1.83 bits per heavy atom. The summed E-state index contributed by atoms with van der Waals surface area (Å²) in [6, 6.07) is 5.71. The van der Waals surface area contributed by atoms with E-state index in [1.54, 1.807) is 6.07 Å². The van der Waals surface area contributed by atoms with Crippen molar-refractivity contribution >= 4 is 12.0 Å². The Balaban J connectivity index is 2.47. The van der Waals surface area contributed by atoms with Gasteiger partial charge >= 0.3 is 5.69 Å². The fourth-order valence-electron chi connectivity index (χ4n) is 2.02. The highest BCUT2D eigenvalue weighted by Gasteiger charge is 2.19. The maximum atomic E-state index is 11.2. The first-order valence-corrected chi connectivity index (χ1v) is 7.62. The zero-order valence-electron chi connectivity index (χ0n) is 14.0. The van der Waals surface area contributed by atoms with E-state index in [1.165, 1.54) is 18.2 Å². The van der Waals surface area contributed by atoms with Crippen molar-refractivity contribution in [2.24, 2.45) is 0 Å². The first-order valence-electron chi connectivity index (χ1n) is 7.62. The molecule has 0 saturated heterocycles. The minimum Gasteiger partial charge on any atom is -0.432 e. The highest BCUT2D eigenvalue weighted by atomic mass is 16.6. The second kappa shape index (κ2) is 7.16. The maximum absolute atomic E-state index is 11.2. The van der Waals surface area contributed by atoms with E-state index in [2.05, 4.69) is 9.97 Å². The molecule has 0 spiro atoms. The Hall–Kier alpha value is -2.83. The second-order valence-corrected chi connectivity index (χ2v) is 6.00. The highest BCUT2D eigenvalue weighted by Crippen LogP contribution is 2.32. The molecule has 0 amide bonds. The Kier molecular flexibility index (Phi) is 5.23. The summed E-state index contributed by atoms with van der Waals surface area (Å²) in [5, 5.41) is 11.2. The van der Waals surface area contributed by atoms with Crippen LogP contribution in [0.5, 0.6) is 11.6 Å². The van der Waals surface area contributed by atoms with Crippen LogP contribution in [-0.2, 0) is 0 Å². The number of ether oxygens (including phenoxy) is 1. The normalized spacial score (nSPS) is 10.9. The lowest BCUT2D eigenvalue weighted by molar-refractivity contribution is -0.385. The number of rotatable bonds is 6. The van der Waals surface area contributed by atoms with Gasteiger partial charge < -0.3 is 4.74 Å². The van der Waals surface area contributed by atoms with Gasteiger partial charge in [0.2, 0.25) is 11.6 Å². The third kappa shape index (κ3) is 3.92. The lowest BCUT2D eigenvalue weighted by atomic mass is 10.1. The van der Waals surface area contributed by atoms with Crippen LogP contribution in [0.1, 0.15) is 61.4 Å². The summed E-state index contributed by atoms with van der Waals surface area (Å²) in [4.78, 5) is 30.2. The van der Waals surface area contributed by atoms with Gasteiger partial charge in [-0.2, -0.15) is 4.98 Å². The molecule has 0 aliphatic carbocycles. The number of nitro groups is 1. The van der Waals surface area contributed by atoms with Gasteiger partial charge in [0.25, 0.3) is 0 Å². The Labute approximate surface area is 139 Å². The maximum Gasteiger partial charge on any atom is 0.312 e. The third-order valence-electron chi connectivity index (χ3n) is 3.38. The van der Waals surface area contributed by atoms with Gasteiger partial charge in [0.05, 0.1) is 10.6 Å². The molecule has 0 fully saturated rings. The third-order valence-corrected chi connectivity index (χ3v) is 3.38. The molecule has 0 bridgehead atoms. The van der Waals surface area contributed by atoms with Crippen molar-refractivity contribution in [3.8, 4) is 11.6 Å². The van der Waals surface area contributed by atoms with Crippen LogP contribution in [0.25, 0.3) is 0 Å². The molecular formula is C17H19N3O4. The number of hydrogen-bond donors (Lipinski definition) is 0. The molecule has 0 radical (unpaired) electrons. The van der Waals surface area contributed by atoms with Crippen LogP contribution in [0, 0.1) is 10.1 Å². The fraction of sp³-hybridized carbons (Fsp3) is 0.353. The van der Waals surface area contributed by atoms with E-state index in [0.717, 1.165) is 5.69 Å². The van der Waals surface area contributed by atoms with Crippen LogP contribution in [0.3, 0.4) is 0 Å². The van der Waals surface area contributed by atoms with Crippen molar-refractivity contribution in [2.75, 3.05) is 0 Å². The van der Waals surface area contributed by atoms with Gasteiger partial charge in [-0.25, -0.2) is 4.98 Å². The van der Waals surface area contributed by atoms with Gasteiger partial charge in [0.15, 0.2) is 0 Å². The summed E-state index contributed by atoms with van der Waals surface area (Å²) in [6.45, 7) is 7.92. The molecule has 1 heterocycles. The van der Waals surface area contributed by atoms with Gasteiger partial charge in [-0.05, 0) is 18.1 Å². The zero-order chi connectivity index (χ0) is 17.9. The number of hydrogen-bond acceptors (Lipinski definition) is 6. The van der Waals surface area contributed by atoms with Crippen molar-refractivity contribution in [3.05, 3.63) is 51.5 Å². The summed E-state index contributed by atoms with van der Waals surface area (Å²) < 4.78 is 5.64. The van der Waals surface area contributed by atoms with Crippen molar-refractivity contribution < 1.29 is 14.5 Å². The van der Waals surface area contributed by atoms with E-state index < -0.39 is 4.92 Å². The first-order chi connectivity index (χ1) is 11.3. The first kappa shape index (κ1) is 17.5. The second-order valence-electron chi connectivity index (χ2n) is 6.00. The molecule has 2 aromatic rings. The lowest BCUT2D eigenvalue weighted by Gasteiger charge is -2.13. The molecular weight excluding hydrogens is 310 g/mol. The minimum absolute atomic E-state index is 0.0358. The Morgan fingerprint density at radius 3 is 2.38 bits per heavy atom. The molecule has 0 atom stereocenters. The van der Waals surface area contributed by atoms with Crippen molar-refractivity contribution in [1.29, 1.82) is 0 Å². The van der Waals surface area contributed by atoms with Crippen LogP contribution >= 0.6 is 0 Å². The molecule has 7 nitrogen and oxygen atoms in total. The molecule has 1 aromatic heterocycles. The quantitative estimate of drug-likeness (QED) is 0.447. The van der Waals surface area contributed by atoms with Crippen LogP contribution < -0.4 is 4.74 Å². The molecule has 2 rings (SSSR count). The summed E-state index contributed by atoms with van der Waals surface area (Å²) in [7, 11) is 0. The molecule has 126 valence electrons. The molecule has 0 aliphatic heterocycles. The molecule has 0 saturated carbocycles. The smallest absolute Gasteiger partial charge is 0.312 e. The van der Waals surface area contributed by atoms with Crippen LogP contribution in [0.15, 0.2) is 24.3 Å². The van der Waals surface area contributed by atoms with Crippen LogP contribution in [0.4, 0.5) is 5.69 Å². The number of nitrogens with zero attached hydrogens (tertiary/aromatic N) is 3. The molecule has 7 heteroatoms. The van der Waals surface area contributed by atoms with E-state index in [4.69, 9.17) is 4.74 Å². The standard InChI is InChI=1S/C17H19N3O4/c1-10(2)13-8-16(19-17(18-13)11(3)4)24-15-6-5-12(9-21)7-14(15)20(22)23/h5-11H,1-4H3. The number of carbonyl (C=O) groups is 1. The summed E-state index contributed by atoms with van der Waals surface area (Å²) in [6.07, 6.45) is 0.551. The van der Waals surface area contributed by atoms with Gasteiger partial charge in [-0.15, -0.1) is 0 Å². The molecule has 0 aliphatic rings. The van der Waals surface area contributed by atoms with Gasteiger partial charge in [0, 0.05) is 23.6 Å². The van der Waals surface area contributed by atoms with Gasteiger partial charge in [0.1, 0.15) is 12.1 Å². The largest absolute Gasteiger partial charge is 0.432 e. The van der Waals surface area contributed by atoms with Crippen molar-refractivity contribution in [1.82, 2.24) is 9.97 Å². The van der Waals surface area contributed by atoms with Crippen LogP contribution in [-0.4, -0.2) is 21.2 Å². The topological polar surface area (TPSA) is 95.2 Å². The van der Waals surface area contributed by atoms with E-state index in [1.807, 2.05) is 27.7 Å². The van der Waals surface area contributed by atoms with E-state index in [0.29, 0.717) is 12.1 Å².